The molecular weight excluding hydrogens is 348 g/mol. The maximum Gasteiger partial charge on any atom is 0.244 e. The van der Waals surface area contributed by atoms with Crippen molar-refractivity contribution in [3.63, 3.8) is 0 Å². The summed E-state index contributed by atoms with van der Waals surface area (Å²) in [6, 6.07) is 5.03. The number of hydrogen-bond donors (Lipinski definition) is 1. The van der Waals surface area contributed by atoms with Crippen LogP contribution in [0.3, 0.4) is 0 Å². The molecule has 1 aromatic rings. The molecule has 1 amide bonds. The van der Waals surface area contributed by atoms with Gasteiger partial charge in [-0.2, -0.15) is 0 Å². The minimum absolute atomic E-state index is 0.172. The van der Waals surface area contributed by atoms with Crippen molar-refractivity contribution in [1.82, 2.24) is 5.32 Å². The minimum Gasteiger partial charge on any atom is -0.351 e. The molecule has 0 saturated heterocycles. The highest BCUT2D eigenvalue weighted by Gasteiger charge is 2.41. The predicted molar refractivity (Wildman–Crippen MR) is 105 cm³/mol. The van der Waals surface area contributed by atoms with Crippen LogP contribution in [0, 0.1) is 25.7 Å². The first-order valence-electron chi connectivity index (χ1n) is 9.57. The molecule has 3 rings (SSSR count). The number of rotatable bonds is 6. The van der Waals surface area contributed by atoms with E-state index in [0.717, 1.165) is 23.5 Å². The molecular formula is C20H30N2O3S. The standard InChI is InChI=1S/C20H30N2O3S/c1-5-19(20(23)21-18-12-15-7-8-16(18)11-15)22(26(4,24)25)17-9-6-13(2)14(3)10-17/h6,9-10,15-16,18-19H,5,7-8,11-12H2,1-4H3,(H,21,23). The van der Waals surface area contributed by atoms with Crippen molar-refractivity contribution < 1.29 is 13.2 Å². The van der Waals surface area contributed by atoms with Crippen molar-refractivity contribution in [2.45, 2.75) is 65.0 Å². The van der Waals surface area contributed by atoms with Crippen LogP contribution in [-0.4, -0.2) is 32.7 Å². The molecule has 6 heteroatoms. The van der Waals surface area contributed by atoms with E-state index in [9.17, 15) is 13.2 Å². The maximum atomic E-state index is 13.0. The number of fused-ring (bicyclic) bond motifs is 2. The number of nitrogens with zero attached hydrogens (tertiary/aromatic N) is 1. The van der Waals surface area contributed by atoms with E-state index in [4.69, 9.17) is 0 Å². The number of carbonyl (C=O) groups is 1. The summed E-state index contributed by atoms with van der Waals surface area (Å²) in [6.45, 7) is 5.81. The molecule has 4 atom stereocenters. The van der Waals surface area contributed by atoms with E-state index < -0.39 is 16.1 Å². The number of nitrogens with one attached hydrogen (secondary N) is 1. The summed E-state index contributed by atoms with van der Waals surface area (Å²) in [7, 11) is -3.58. The number of benzene rings is 1. The van der Waals surface area contributed by atoms with Gasteiger partial charge in [-0.3, -0.25) is 9.10 Å². The number of amides is 1. The van der Waals surface area contributed by atoms with Gasteiger partial charge in [-0.15, -0.1) is 0 Å². The molecule has 1 N–H and O–H groups in total. The summed E-state index contributed by atoms with van der Waals surface area (Å²) in [5.74, 6) is 1.12. The van der Waals surface area contributed by atoms with Crippen molar-refractivity contribution in [3.05, 3.63) is 29.3 Å². The number of anilines is 1. The Balaban J connectivity index is 1.85. The quantitative estimate of drug-likeness (QED) is 0.827. The van der Waals surface area contributed by atoms with Gasteiger partial charge in [-0.05, 0) is 74.6 Å². The molecule has 144 valence electrons. The van der Waals surface area contributed by atoms with Crippen LogP contribution in [0.5, 0.6) is 0 Å². The highest BCUT2D eigenvalue weighted by Crippen LogP contribution is 2.44. The van der Waals surface area contributed by atoms with Gasteiger partial charge in [0, 0.05) is 6.04 Å². The molecule has 0 radical (unpaired) electrons. The topological polar surface area (TPSA) is 66.5 Å². The van der Waals surface area contributed by atoms with Crippen molar-refractivity contribution in [3.8, 4) is 0 Å². The minimum atomic E-state index is -3.58. The zero-order valence-corrected chi connectivity index (χ0v) is 17.0. The van der Waals surface area contributed by atoms with Gasteiger partial charge in [0.25, 0.3) is 0 Å². The van der Waals surface area contributed by atoms with E-state index in [2.05, 4.69) is 5.32 Å². The highest BCUT2D eigenvalue weighted by atomic mass is 32.2. The van der Waals surface area contributed by atoms with Crippen molar-refractivity contribution in [1.29, 1.82) is 0 Å². The van der Waals surface area contributed by atoms with E-state index in [1.807, 2.05) is 32.9 Å². The average molecular weight is 379 g/mol. The van der Waals surface area contributed by atoms with E-state index in [-0.39, 0.29) is 11.9 Å². The van der Waals surface area contributed by atoms with Gasteiger partial charge in [-0.25, -0.2) is 8.42 Å². The molecule has 5 nitrogen and oxygen atoms in total. The van der Waals surface area contributed by atoms with Gasteiger partial charge in [0.05, 0.1) is 11.9 Å². The Morgan fingerprint density at radius 1 is 1.23 bits per heavy atom. The lowest BCUT2D eigenvalue weighted by molar-refractivity contribution is -0.123. The summed E-state index contributed by atoms with van der Waals surface area (Å²) in [5, 5.41) is 3.16. The van der Waals surface area contributed by atoms with Crippen LogP contribution in [0.1, 0.15) is 50.2 Å². The maximum absolute atomic E-state index is 13.0. The van der Waals surface area contributed by atoms with E-state index in [1.165, 1.54) is 29.8 Å². The highest BCUT2D eigenvalue weighted by molar-refractivity contribution is 7.92. The third-order valence-corrected chi connectivity index (χ3v) is 7.32. The second-order valence-electron chi connectivity index (χ2n) is 8.04. The summed E-state index contributed by atoms with van der Waals surface area (Å²) < 4.78 is 26.4. The molecule has 1 aromatic carbocycles. The number of sulfonamides is 1. The van der Waals surface area contributed by atoms with Gasteiger partial charge in [0.15, 0.2) is 0 Å². The van der Waals surface area contributed by atoms with Crippen molar-refractivity contribution in [2.24, 2.45) is 11.8 Å². The summed E-state index contributed by atoms with van der Waals surface area (Å²) in [4.78, 5) is 13.0. The first-order chi connectivity index (χ1) is 12.2. The van der Waals surface area contributed by atoms with E-state index in [0.29, 0.717) is 18.0 Å². The SMILES string of the molecule is CCC(C(=O)NC1CC2CCC1C2)N(c1ccc(C)c(C)c1)S(C)(=O)=O. The Labute approximate surface area is 157 Å². The third-order valence-electron chi connectivity index (χ3n) is 6.14. The second-order valence-corrected chi connectivity index (χ2v) is 9.90. The molecule has 2 fully saturated rings. The first-order valence-corrected chi connectivity index (χ1v) is 11.4. The fourth-order valence-corrected chi connectivity index (χ4v) is 5.83. The number of carbonyl (C=O) groups excluding carboxylic acids is 1. The Morgan fingerprint density at radius 3 is 2.46 bits per heavy atom. The summed E-state index contributed by atoms with van der Waals surface area (Å²) in [6.07, 6.45) is 6.30. The first kappa shape index (κ1) is 19.2. The molecule has 26 heavy (non-hydrogen) atoms. The lowest BCUT2D eigenvalue weighted by Gasteiger charge is -2.32. The molecule has 2 aliphatic rings. The summed E-state index contributed by atoms with van der Waals surface area (Å²) >= 11 is 0. The molecule has 2 bridgehead atoms. The molecule has 0 spiro atoms. The van der Waals surface area contributed by atoms with Crippen LogP contribution in [0.4, 0.5) is 5.69 Å². The second kappa shape index (κ2) is 7.22. The smallest absolute Gasteiger partial charge is 0.244 e. The van der Waals surface area contributed by atoms with Crippen LogP contribution in [0.25, 0.3) is 0 Å². The van der Waals surface area contributed by atoms with Crippen LogP contribution >= 0.6 is 0 Å². The largest absolute Gasteiger partial charge is 0.351 e. The molecule has 0 aromatic heterocycles. The Kier molecular flexibility index (Phi) is 5.33. The zero-order chi connectivity index (χ0) is 19.1. The van der Waals surface area contributed by atoms with E-state index >= 15 is 0 Å². The molecule has 4 unspecified atom stereocenters. The Morgan fingerprint density at radius 2 is 1.96 bits per heavy atom. The zero-order valence-electron chi connectivity index (χ0n) is 16.2. The normalized spacial score (nSPS) is 25.9. The van der Waals surface area contributed by atoms with Crippen LogP contribution in [0.2, 0.25) is 0 Å². The molecule has 0 heterocycles. The predicted octanol–water partition coefficient (Wildman–Crippen LogP) is 3.15. The number of hydrogen-bond acceptors (Lipinski definition) is 3. The average Bonchev–Trinajstić information content (AvgIpc) is 3.16. The fourth-order valence-electron chi connectivity index (χ4n) is 4.62. The summed E-state index contributed by atoms with van der Waals surface area (Å²) in [5.41, 5.74) is 2.67. The monoisotopic (exact) mass is 378 g/mol. The van der Waals surface area contributed by atoms with Crippen LogP contribution in [0.15, 0.2) is 18.2 Å². The lowest BCUT2D eigenvalue weighted by atomic mass is 9.95. The van der Waals surface area contributed by atoms with Gasteiger partial charge >= 0.3 is 0 Å². The van der Waals surface area contributed by atoms with Crippen LogP contribution in [-0.2, 0) is 14.8 Å². The molecule has 0 aliphatic heterocycles. The lowest BCUT2D eigenvalue weighted by Crippen LogP contribution is -2.52. The molecule has 2 aliphatic carbocycles. The Bertz CT molecular complexity index is 790. The van der Waals surface area contributed by atoms with Crippen molar-refractivity contribution in [2.75, 3.05) is 10.6 Å². The van der Waals surface area contributed by atoms with Crippen molar-refractivity contribution >= 4 is 21.6 Å². The van der Waals surface area contributed by atoms with Gasteiger partial charge in [0.1, 0.15) is 6.04 Å². The third kappa shape index (κ3) is 3.75. The van der Waals surface area contributed by atoms with Gasteiger partial charge in [-0.1, -0.05) is 19.4 Å². The van der Waals surface area contributed by atoms with E-state index in [1.54, 1.807) is 6.07 Å². The van der Waals surface area contributed by atoms with Gasteiger partial charge < -0.3 is 5.32 Å². The molecule has 2 saturated carbocycles. The van der Waals surface area contributed by atoms with Gasteiger partial charge in [0.2, 0.25) is 15.9 Å². The fraction of sp³-hybridized carbons (Fsp3) is 0.650. The number of aryl methyl sites for hydroxylation is 2. The van der Waals surface area contributed by atoms with Crippen LogP contribution < -0.4 is 9.62 Å². The Hall–Kier alpha value is -1.56.